The maximum Gasteiger partial charge on any atom is 0.378 e. The van der Waals surface area contributed by atoms with Crippen LogP contribution in [-0.4, -0.2) is 40.1 Å². The second-order valence-corrected chi connectivity index (χ2v) is 4.06. The summed E-state index contributed by atoms with van der Waals surface area (Å²) in [6.07, 6.45) is -2.51. The van der Waals surface area contributed by atoms with Crippen LogP contribution in [0.25, 0.3) is 0 Å². The van der Waals surface area contributed by atoms with Crippen LogP contribution in [0.4, 0.5) is 0 Å². The normalized spacial score (nSPS) is 20.3. The first-order valence-electron chi connectivity index (χ1n) is 5.73. The van der Waals surface area contributed by atoms with Crippen molar-refractivity contribution in [2.75, 3.05) is 6.61 Å². The molecule has 1 aliphatic rings. The summed E-state index contributed by atoms with van der Waals surface area (Å²) in [6, 6.07) is 9.12. The first-order chi connectivity index (χ1) is 9.13. The van der Waals surface area contributed by atoms with Gasteiger partial charge in [0, 0.05) is 0 Å². The Morgan fingerprint density at radius 3 is 2.63 bits per heavy atom. The third kappa shape index (κ3) is 2.86. The first kappa shape index (κ1) is 13.4. The summed E-state index contributed by atoms with van der Waals surface area (Å²) >= 11 is 0. The molecule has 0 fully saturated rings. The number of esters is 1. The van der Waals surface area contributed by atoms with Gasteiger partial charge in [-0.3, -0.25) is 0 Å². The highest BCUT2D eigenvalue weighted by atomic mass is 16.6. The minimum atomic E-state index is -1.33. The van der Waals surface area contributed by atoms with E-state index in [1.54, 1.807) is 0 Å². The predicted octanol–water partition coefficient (Wildman–Crippen LogP) is 0.251. The van der Waals surface area contributed by atoms with E-state index in [1.807, 2.05) is 30.3 Å². The van der Waals surface area contributed by atoms with Crippen molar-refractivity contribution in [3.63, 3.8) is 0 Å². The molecule has 0 saturated carbocycles. The number of aliphatic hydroxyl groups excluding tert-OH is 3. The predicted molar refractivity (Wildman–Crippen MR) is 63.9 cm³/mol. The number of carbonyl (C=O) groups excluding carboxylic acids is 1. The Labute approximate surface area is 109 Å². The van der Waals surface area contributed by atoms with Crippen molar-refractivity contribution in [2.24, 2.45) is 0 Å². The van der Waals surface area contributed by atoms with Gasteiger partial charge in [-0.05, 0) is 5.56 Å². The van der Waals surface area contributed by atoms with E-state index in [4.69, 9.17) is 14.6 Å². The Balaban J connectivity index is 2.09. The van der Waals surface area contributed by atoms with E-state index in [2.05, 4.69) is 0 Å². The molecule has 1 heterocycles. The first-order valence-corrected chi connectivity index (χ1v) is 5.73. The van der Waals surface area contributed by atoms with Gasteiger partial charge in [0.25, 0.3) is 0 Å². The van der Waals surface area contributed by atoms with E-state index in [0.717, 1.165) is 5.56 Å². The lowest BCUT2D eigenvalue weighted by Crippen LogP contribution is -2.32. The molecule has 3 N–H and O–H groups in total. The number of ether oxygens (including phenoxy) is 2. The van der Waals surface area contributed by atoms with E-state index in [-0.39, 0.29) is 12.4 Å². The molecule has 6 heteroatoms. The minimum absolute atomic E-state index is 0.117. The molecule has 0 bridgehead atoms. The zero-order valence-electron chi connectivity index (χ0n) is 10.0. The third-order valence-electron chi connectivity index (χ3n) is 2.69. The largest absolute Gasteiger partial charge is 0.499 e. The number of cyclic esters (lactones) is 1. The quantitative estimate of drug-likeness (QED) is 0.661. The number of hydrogen-bond acceptors (Lipinski definition) is 6. The molecule has 0 aliphatic carbocycles. The Kier molecular flexibility index (Phi) is 4.03. The fraction of sp³-hybridized carbons (Fsp3) is 0.308. The lowest BCUT2D eigenvalue weighted by molar-refractivity contribution is -0.148. The molecule has 2 atom stereocenters. The molecule has 1 aliphatic heterocycles. The van der Waals surface area contributed by atoms with Crippen LogP contribution < -0.4 is 0 Å². The average molecular weight is 266 g/mol. The van der Waals surface area contributed by atoms with E-state index in [1.165, 1.54) is 0 Å². The molecular formula is C13H14O6. The summed E-state index contributed by atoms with van der Waals surface area (Å²) in [4.78, 5) is 11.2. The van der Waals surface area contributed by atoms with Crippen LogP contribution in [0, 0.1) is 0 Å². The molecular weight excluding hydrogens is 252 g/mol. The van der Waals surface area contributed by atoms with Crippen LogP contribution >= 0.6 is 0 Å². The van der Waals surface area contributed by atoms with Gasteiger partial charge in [-0.25, -0.2) is 4.79 Å². The summed E-state index contributed by atoms with van der Waals surface area (Å²) in [5.41, 5.74) is 0.833. The monoisotopic (exact) mass is 266 g/mol. The molecule has 0 spiro atoms. The highest BCUT2D eigenvalue weighted by Gasteiger charge is 2.40. The summed E-state index contributed by atoms with van der Waals surface area (Å²) in [7, 11) is 0. The van der Waals surface area contributed by atoms with Crippen LogP contribution in [0.1, 0.15) is 5.56 Å². The smallest absolute Gasteiger partial charge is 0.378 e. The summed E-state index contributed by atoms with van der Waals surface area (Å²) < 4.78 is 10.0. The lowest BCUT2D eigenvalue weighted by atomic mass is 10.2. The van der Waals surface area contributed by atoms with Gasteiger partial charge >= 0.3 is 5.97 Å². The Hall–Kier alpha value is -2.05. The van der Waals surface area contributed by atoms with Crippen molar-refractivity contribution >= 4 is 5.97 Å². The van der Waals surface area contributed by atoms with Gasteiger partial charge in [-0.15, -0.1) is 0 Å². The van der Waals surface area contributed by atoms with E-state index < -0.39 is 30.5 Å². The van der Waals surface area contributed by atoms with Crippen LogP contribution in [-0.2, 0) is 20.9 Å². The van der Waals surface area contributed by atoms with Gasteiger partial charge in [0.2, 0.25) is 5.76 Å². The van der Waals surface area contributed by atoms with Crippen molar-refractivity contribution in [1.82, 2.24) is 0 Å². The molecule has 1 aromatic rings. The van der Waals surface area contributed by atoms with Gasteiger partial charge < -0.3 is 24.8 Å². The summed E-state index contributed by atoms with van der Waals surface area (Å²) in [5.74, 6) is -1.80. The van der Waals surface area contributed by atoms with Crippen molar-refractivity contribution in [2.45, 2.75) is 18.8 Å². The zero-order chi connectivity index (χ0) is 13.8. The maximum absolute atomic E-state index is 11.2. The SMILES string of the molecule is O=C1O[C@H](C(O)CO)C(OCc2ccccc2)=C1O. The fourth-order valence-corrected chi connectivity index (χ4v) is 1.69. The van der Waals surface area contributed by atoms with Gasteiger partial charge in [0.05, 0.1) is 6.61 Å². The molecule has 0 aromatic heterocycles. The zero-order valence-corrected chi connectivity index (χ0v) is 10.0. The molecule has 102 valence electrons. The molecule has 1 unspecified atom stereocenters. The Bertz CT molecular complexity index is 481. The van der Waals surface area contributed by atoms with Crippen molar-refractivity contribution in [3.05, 3.63) is 47.4 Å². The Morgan fingerprint density at radius 2 is 2.00 bits per heavy atom. The van der Waals surface area contributed by atoms with Gasteiger partial charge in [-0.1, -0.05) is 30.3 Å². The summed E-state index contributed by atoms with van der Waals surface area (Å²) in [6.45, 7) is -0.491. The highest BCUT2D eigenvalue weighted by molar-refractivity contribution is 5.89. The lowest BCUT2D eigenvalue weighted by Gasteiger charge is -2.18. The van der Waals surface area contributed by atoms with Crippen LogP contribution in [0.2, 0.25) is 0 Å². The molecule has 6 nitrogen and oxygen atoms in total. The van der Waals surface area contributed by atoms with E-state index in [0.29, 0.717) is 0 Å². The number of carbonyl (C=O) groups is 1. The van der Waals surface area contributed by atoms with Gasteiger partial charge in [0.15, 0.2) is 11.9 Å². The topological polar surface area (TPSA) is 96.2 Å². The summed E-state index contributed by atoms with van der Waals surface area (Å²) in [5, 5.41) is 27.9. The number of benzene rings is 1. The molecule has 0 radical (unpaired) electrons. The van der Waals surface area contributed by atoms with Crippen molar-refractivity contribution in [3.8, 4) is 0 Å². The number of rotatable bonds is 5. The minimum Gasteiger partial charge on any atom is -0.499 e. The Morgan fingerprint density at radius 1 is 1.32 bits per heavy atom. The second-order valence-electron chi connectivity index (χ2n) is 4.06. The molecule has 0 saturated heterocycles. The molecule has 2 rings (SSSR count). The van der Waals surface area contributed by atoms with Crippen LogP contribution in [0.5, 0.6) is 0 Å². The average Bonchev–Trinajstić information content (AvgIpc) is 2.73. The fourth-order valence-electron chi connectivity index (χ4n) is 1.69. The number of aliphatic hydroxyl groups is 3. The maximum atomic E-state index is 11.2. The van der Waals surface area contributed by atoms with E-state index in [9.17, 15) is 15.0 Å². The van der Waals surface area contributed by atoms with Crippen LogP contribution in [0.15, 0.2) is 41.9 Å². The standard InChI is InChI=1S/C13H14O6/c14-6-9(15)11-12(10(16)13(17)19-11)18-7-8-4-2-1-3-5-8/h1-5,9,11,14-16H,6-7H2/t9?,11-/m1/s1. The molecule has 0 amide bonds. The van der Waals surface area contributed by atoms with Crippen molar-refractivity contribution < 1.29 is 29.6 Å². The van der Waals surface area contributed by atoms with E-state index >= 15 is 0 Å². The van der Waals surface area contributed by atoms with Gasteiger partial charge in [-0.2, -0.15) is 0 Å². The molecule has 1 aromatic carbocycles. The molecule has 19 heavy (non-hydrogen) atoms. The second kappa shape index (κ2) is 5.73. The van der Waals surface area contributed by atoms with Crippen LogP contribution in [0.3, 0.4) is 0 Å². The highest BCUT2D eigenvalue weighted by Crippen LogP contribution is 2.25. The third-order valence-corrected chi connectivity index (χ3v) is 2.69. The van der Waals surface area contributed by atoms with Crippen molar-refractivity contribution in [1.29, 1.82) is 0 Å². The van der Waals surface area contributed by atoms with Gasteiger partial charge in [0.1, 0.15) is 12.7 Å². The number of hydrogen-bond donors (Lipinski definition) is 3.